The van der Waals surface area contributed by atoms with Crippen molar-refractivity contribution in [2.24, 2.45) is 4.99 Å². The molecule has 24 heavy (non-hydrogen) atoms. The first-order valence-corrected chi connectivity index (χ1v) is 8.48. The zero-order valence-corrected chi connectivity index (χ0v) is 14.5. The summed E-state index contributed by atoms with van der Waals surface area (Å²) >= 11 is 0. The summed E-state index contributed by atoms with van der Waals surface area (Å²) in [7, 11) is 1.74. The van der Waals surface area contributed by atoms with Gasteiger partial charge in [0, 0.05) is 26.1 Å². The number of fused-ring (bicyclic) bond motifs is 1. The molecular weight excluding hydrogens is 306 g/mol. The number of aryl methyl sites for hydroxylation is 1. The highest BCUT2D eigenvalue weighted by atomic mass is 16.5. The van der Waals surface area contributed by atoms with Gasteiger partial charge in [0.25, 0.3) is 0 Å². The monoisotopic (exact) mass is 331 g/mol. The fourth-order valence-electron chi connectivity index (χ4n) is 2.74. The maximum Gasteiger partial charge on any atom is 0.191 e. The van der Waals surface area contributed by atoms with E-state index in [1.165, 1.54) is 12.8 Å². The second kappa shape index (κ2) is 7.46. The maximum atomic E-state index is 5.32. The molecular formula is C16H25N7O. The van der Waals surface area contributed by atoms with Gasteiger partial charge in [-0.05, 0) is 18.8 Å². The third kappa shape index (κ3) is 3.74. The Morgan fingerprint density at radius 2 is 2.12 bits per heavy atom. The summed E-state index contributed by atoms with van der Waals surface area (Å²) in [6.45, 7) is 6.32. The molecule has 0 saturated carbocycles. The molecule has 2 aromatic heterocycles. The van der Waals surface area contributed by atoms with Crippen molar-refractivity contribution in [2.45, 2.75) is 58.7 Å². The molecule has 0 unspecified atom stereocenters. The average Bonchev–Trinajstić information content (AvgIpc) is 3.22. The molecule has 0 saturated heterocycles. The predicted octanol–water partition coefficient (Wildman–Crippen LogP) is 1.59. The Morgan fingerprint density at radius 1 is 1.29 bits per heavy atom. The molecule has 8 heteroatoms. The van der Waals surface area contributed by atoms with Crippen LogP contribution in [0.2, 0.25) is 0 Å². The van der Waals surface area contributed by atoms with Crippen LogP contribution in [0.15, 0.2) is 15.6 Å². The summed E-state index contributed by atoms with van der Waals surface area (Å²) < 4.78 is 7.53. The van der Waals surface area contributed by atoms with Gasteiger partial charge in [-0.2, -0.15) is 0 Å². The zero-order chi connectivity index (χ0) is 16.9. The van der Waals surface area contributed by atoms with Crippen molar-refractivity contribution in [1.29, 1.82) is 0 Å². The molecule has 0 spiro atoms. The van der Waals surface area contributed by atoms with Gasteiger partial charge in [0.2, 0.25) is 0 Å². The van der Waals surface area contributed by atoms with Crippen LogP contribution < -0.4 is 10.6 Å². The maximum absolute atomic E-state index is 5.32. The largest absolute Gasteiger partial charge is 0.359 e. The number of nitrogens with zero attached hydrogens (tertiary/aromatic N) is 5. The number of aliphatic imine (C=N–C) groups is 1. The molecule has 0 aromatic carbocycles. The Bertz CT molecular complexity index is 701. The summed E-state index contributed by atoms with van der Waals surface area (Å²) in [5, 5.41) is 19.1. The lowest BCUT2D eigenvalue weighted by atomic mass is 10.1. The normalized spacial score (nSPS) is 14.8. The number of hydrogen-bond acceptors (Lipinski definition) is 5. The van der Waals surface area contributed by atoms with Crippen LogP contribution in [0.5, 0.6) is 0 Å². The quantitative estimate of drug-likeness (QED) is 0.638. The summed E-state index contributed by atoms with van der Waals surface area (Å²) in [4.78, 5) is 4.23. The van der Waals surface area contributed by atoms with Crippen LogP contribution in [0.4, 0.5) is 0 Å². The van der Waals surface area contributed by atoms with Gasteiger partial charge < -0.3 is 19.7 Å². The topological polar surface area (TPSA) is 93.2 Å². The van der Waals surface area contributed by atoms with Gasteiger partial charge in [-0.25, -0.2) is 0 Å². The Balaban J connectivity index is 1.52. The molecule has 3 rings (SSSR count). The van der Waals surface area contributed by atoms with E-state index in [4.69, 9.17) is 4.52 Å². The van der Waals surface area contributed by atoms with Gasteiger partial charge in [-0.15, -0.1) is 10.2 Å². The van der Waals surface area contributed by atoms with Gasteiger partial charge >= 0.3 is 0 Å². The summed E-state index contributed by atoms with van der Waals surface area (Å²) in [6.07, 6.45) is 3.41. The molecule has 8 nitrogen and oxygen atoms in total. The van der Waals surface area contributed by atoms with E-state index in [2.05, 4.69) is 49.4 Å². The van der Waals surface area contributed by atoms with Crippen LogP contribution >= 0.6 is 0 Å². The number of guanidine groups is 1. The lowest BCUT2D eigenvalue weighted by Gasteiger charge is -2.15. The minimum Gasteiger partial charge on any atom is -0.359 e. The van der Waals surface area contributed by atoms with Crippen LogP contribution in [-0.2, 0) is 26.1 Å². The highest BCUT2D eigenvalue weighted by Gasteiger charge is 2.15. The smallest absolute Gasteiger partial charge is 0.191 e. The van der Waals surface area contributed by atoms with Crippen molar-refractivity contribution >= 4 is 5.96 Å². The second-order valence-corrected chi connectivity index (χ2v) is 6.29. The Hall–Kier alpha value is -2.38. The minimum absolute atomic E-state index is 0.360. The highest BCUT2D eigenvalue weighted by Crippen LogP contribution is 2.14. The van der Waals surface area contributed by atoms with Crippen molar-refractivity contribution in [3.05, 3.63) is 29.2 Å². The van der Waals surface area contributed by atoms with Gasteiger partial charge in [-0.1, -0.05) is 19.0 Å². The molecule has 0 atom stereocenters. The first kappa shape index (κ1) is 16.5. The predicted molar refractivity (Wildman–Crippen MR) is 90.6 cm³/mol. The zero-order valence-electron chi connectivity index (χ0n) is 14.5. The fourth-order valence-corrected chi connectivity index (χ4v) is 2.74. The van der Waals surface area contributed by atoms with Gasteiger partial charge in [0.15, 0.2) is 17.5 Å². The van der Waals surface area contributed by atoms with Gasteiger partial charge in [0.05, 0.1) is 18.8 Å². The lowest BCUT2D eigenvalue weighted by molar-refractivity contribution is 0.372. The van der Waals surface area contributed by atoms with Crippen molar-refractivity contribution < 1.29 is 4.52 Å². The molecule has 3 heterocycles. The Kier molecular flexibility index (Phi) is 5.12. The van der Waals surface area contributed by atoms with Crippen molar-refractivity contribution in [3.63, 3.8) is 0 Å². The molecule has 0 aliphatic carbocycles. The van der Waals surface area contributed by atoms with E-state index < -0.39 is 0 Å². The third-order valence-electron chi connectivity index (χ3n) is 4.17. The van der Waals surface area contributed by atoms with Crippen molar-refractivity contribution in [3.8, 4) is 0 Å². The van der Waals surface area contributed by atoms with Gasteiger partial charge in [-0.3, -0.25) is 4.99 Å². The number of rotatable bonds is 5. The summed E-state index contributed by atoms with van der Waals surface area (Å²) in [5.74, 6) is 3.89. The van der Waals surface area contributed by atoms with E-state index in [1.807, 2.05) is 6.07 Å². The average molecular weight is 331 g/mol. The Labute approximate surface area is 141 Å². The molecule has 0 bridgehead atoms. The second-order valence-electron chi connectivity index (χ2n) is 6.29. The van der Waals surface area contributed by atoms with E-state index in [0.29, 0.717) is 25.0 Å². The standard InChI is InChI=1S/C16H25N7O/c1-11(2)13-8-12(24-22-13)9-18-16(17-3)19-10-15-21-20-14-6-4-5-7-23(14)15/h8,11H,4-7,9-10H2,1-3H3,(H2,17,18,19). The first-order valence-electron chi connectivity index (χ1n) is 8.48. The van der Waals surface area contributed by atoms with E-state index in [-0.39, 0.29) is 0 Å². The first-order chi connectivity index (χ1) is 11.7. The molecule has 0 radical (unpaired) electrons. The molecule has 130 valence electrons. The molecule has 1 aliphatic rings. The van der Waals surface area contributed by atoms with Crippen LogP contribution in [0, 0.1) is 0 Å². The van der Waals surface area contributed by atoms with E-state index in [9.17, 15) is 0 Å². The number of nitrogens with one attached hydrogen (secondary N) is 2. The third-order valence-corrected chi connectivity index (χ3v) is 4.17. The van der Waals surface area contributed by atoms with E-state index >= 15 is 0 Å². The molecule has 0 fully saturated rings. The van der Waals surface area contributed by atoms with Crippen LogP contribution in [0.25, 0.3) is 0 Å². The fraction of sp³-hybridized carbons (Fsp3) is 0.625. The molecule has 1 aliphatic heterocycles. The summed E-state index contributed by atoms with van der Waals surface area (Å²) in [5.41, 5.74) is 0.963. The number of aromatic nitrogens is 4. The SMILES string of the molecule is CN=C(NCc1cc(C(C)C)no1)NCc1nnc2n1CCCC2. The van der Waals surface area contributed by atoms with E-state index in [0.717, 1.165) is 36.1 Å². The van der Waals surface area contributed by atoms with Crippen molar-refractivity contribution in [1.82, 2.24) is 30.6 Å². The minimum atomic E-state index is 0.360. The van der Waals surface area contributed by atoms with Gasteiger partial charge in [0.1, 0.15) is 5.82 Å². The summed E-state index contributed by atoms with van der Waals surface area (Å²) in [6, 6.07) is 1.97. The molecule has 2 N–H and O–H groups in total. The molecule has 2 aromatic rings. The van der Waals surface area contributed by atoms with Crippen LogP contribution in [0.3, 0.4) is 0 Å². The highest BCUT2D eigenvalue weighted by molar-refractivity contribution is 5.79. The lowest BCUT2D eigenvalue weighted by Crippen LogP contribution is -2.37. The van der Waals surface area contributed by atoms with E-state index in [1.54, 1.807) is 7.05 Å². The molecule has 0 amide bonds. The van der Waals surface area contributed by atoms with Crippen molar-refractivity contribution in [2.75, 3.05) is 7.05 Å². The number of hydrogen-bond donors (Lipinski definition) is 2. The van der Waals surface area contributed by atoms with Crippen LogP contribution in [-0.4, -0.2) is 32.9 Å². The Morgan fingerprint density at radius 3 is 2.88 bits per heavy atom. The van der Waals surface area contributed by atoms with Crippen LogP contribution in [0.1, 0.15) is 55.7 Å².